The van der Waals surface area contributed by atoms with Gasteiger partial charge in [-0.05, 0) is 113 Å². The summed E-state index contributed by atoms with van der Waals surface area (Å²) in [5, 5.41) is 12.3. The number of fused-ring (bicyclic) bond motifs is 2. The van der Waals surface area contributed by atoms with Gasteiger partial charge in [0.2, 0.25) is 0 Å². The van der Waals surface area contributed by atoms with Crippen LogP contribution in [-0.4, -0.2) is 60.4 Å². The lowest BCUT2D eigenvalue weighted by Crippen LogP contribution is -2.60. The second-order valence-corrected chi connectivity index (χ2v) is 14.9. The molecule has 4 N–H and O–H groups in total. The van der Waals surface area contributed by atoms with Crippen molar-refractivity contribution in [1.82, 2.24) is 5.32 Å². The number of hydrogen-bond acceptors (Lipinski definition) is 9. The lowest BCUT2D eigenvalue weighted by Gasteiger charge is -2.37. The van der Waals surface area contributed by atoms with Crippen LogP contribution in [0.15, 0.2) is 70.2 Å². The highest BCUT2D eigenvalue weighted by molar-refractivity contribution is 7.99. The molecule has 0 radical (unpaired) electrons. The minimum absolute atomic E-state index is 0.113. The Kier molecular flexibility index (Phi) is 12.4. The zero-order chi connectivity index (χ0) is 35.1. The number of nitrogens with one attached hydrogen (secondary N) is 1. The van der Waals surface area contributed by atoms with Crippen molar-refractivity contribution in [3.05, 3.63) is 71.5 Å². The molecule has 9 nitrogen and oxygen atoms in total. The molecule has 10 heteroatoms. The third kappa shape index (κ3) is 8.82. The number of nitrogens with two attached hydrogens (primary N) is 1. The summed E-state index contributed by atoms with van der Waals surface area (Å²) in [6, 6.07) is 11.5. The van der Waals surface area contributed by atoms with E-state index < -0.39 is 23.0 Å². The quantitative estimate of drug-likeness (QED) is 0.0525. The smallest absolute Gasteiger partial charge is 0.336 e. The van der Waals surface area contributed by atoms with Crippen molar-refractivity contribution in [2.45, 2.75) is 88.7 Å². The van der Waals surface area contributed by atoms with Gasteiger partial charge in [-0.1, -0.05) is 32.1 Å². The molecule has 3 atom stereocenters. The molecular weight excluding hydrogens is 627 g/mol. The van der Waals surface area contributed by atoms with Crippen LogP contribution in [0, 0.1) is 11.8 Å². The number of nitrogens with zero attached hydrogens (tertiary/aromatic N) is 1. The minimum atomic E-state index is -1.35. The molecule has 0 saturated heterocycles. The van der Waals surface area contributed by atoms with Crippen LogP contribution in [0.3, 0.4) is 0 Å². The molecule has 3 unspecified atom stereocenters. The van der Waals surface area contributed by atoms with Gasteiger partial charge in [-0.2, -0.15) is 0 Å². The Morgan fingerprint density at radius 2 is 1.85 bits per heavy atom. The number of carbonyl (C=O) groups is 2. The Morgan fingerprint density at radius 3 is 2.48 bits per heavy atom. The SMILES string of the molecule is COc1cccc(OC)c1C(C=C(N)C(=O)NC1(C(=O)OC(C)(C)C)C=CCC2CCC1C2)=Nc1ccc(SCCCO)cc1C(C)C. The van der Waals surface area contributed by atoms with E-state index in [2.05, 4.69) is 25.2 Å². The fourth-order valence-electron chi connectivity index (χ4n) is 6.38. The van der Waals surface area contributed by atoms with Gasteiger partial charge in [-0.3, -0.25) is 4.79 Å². The van der Waals surface area contributed by atoms with E-state index in [4.69, 9.17) is 24.9 Å². The molecule has 4 rings (SSSR count). The number of thioether (sulfide) groups is 1. The van der Waals surface area contributed by atoms with Crippen molar-refractivity contribution >= 4 is 35.0 Å². The normalized spacial score (nSPS) is 21.2. The van der Waals surface area contributed by atoms with E-state index in [1.807, 2.05) is 51.1 Å². The number of aliphatic imine (C=N–C) groups is 1. The van der Waals surface area contributed by atoms with Crippen LogP contribution in [0.1, 0.15) is 83.8 Å². The second-order valence-electron chi connectivity index (χ2n) is 13.8. The molecule has 1 fully saturated rings. The van der Waals surface area contributed by atoms with E-state index >= 15 is 0 Å². The zero-order valence-corrected chi connectivity index (χ0v) is 30.1. The standard InChI is InChI=1S/C38H51N3O6S/c1-24(2)28-22-27(48-20-10-19-42)16-17-30(28)40-31(34-32(45-6)12-8-13-33(34)46-7)23-29(39)35(43)41-38(36(44)47-37(3,4)5)18-9-11-25-14-15-26(38)21-25/h8-9,12-13,16-18,22-26,42H,10-11,14-15,19-21,39H2,1-7H3,(H,41,43). The number of benzene rings is 2. The highest BCUT2D eigenvalue weighted by Crippen LogP contribution is 2.44. The number of hydrogen-bond donors (Lipinski definition) is 3. The molecule has 1 saturated carbocycles. The molecule has 2 aliphatic rings. The van der Waals surface area contributed by atoms with E-state index in [9.17, 15) is 14.7 Å². The van der Waals surface area contributed by atoms with E-state index in [0.29, 0.717) is 40.8 Å². The molecule has 2 bridgehead atoms. The summed E-state index contributed by atoms with van der Waals surface area (Å²) in [7, 11) is 3.12. The maximum atomic E-state index is 14.1. The molecule has 0 aromatic heterocycles. The summed E-state index contributed by atoms with van der Waals surface area (Å²) >= 11 is 1.68. The Balaban J connectivity index is 1.82. The summed E-state index contributed by atoms with van der Waals surface area (Å²) < 4.78 is 17.4. The van der Waals surface area contributed by atoms with Crippen molar-refractivity contribution in [1.29, 1.82) is 0 Å². The van der Waals surface area contributed by atoms with E-state index in [1.54, 1.807) is 38.1 Å². The lowest BCUT2D eigenvalue weighted by molar-refractivity contribution is -0.164. The van der Waals surface area contributed by atoms with Gasteiger partial charge in [-0.25, -0.2) is 9.79 Å². The Morgan fingerprint density at radius 1 is 1.15 bits per heavy atom. The van der Waals surface area contributed by atoms with Gasteiger partial charge in [0.05, 0.1) is 36.9 Å². The molecule has 2 aliphatic carbocycles. The fourth-order valence-corrected chi connectivity index (χ4v) is 7.27. The summed E-state index contributed by atoms with van der Waals surface area (Å²) in [4.78, 5) is 34.1. The van der Waals surface area contributed by atoms with Crippen LogP contribution >= 0.6 is 11.8 Å². The third-order valence-electron chi connectivity index (χ3n) is 8.76. The molecule has 2 aromatic rings. The van der Waals surface area contributed by atoms with Crippen molar-refractivity contribution in [3.63, 3.8) is 0 Å². The average molecular weight is 678 g/mol. The maximum Gasteiger partial charge on any atom is 0.336 e. The van der Waals surface area contributed by atoms with Gasteiger partial charge in [0.15, 0.2) is 5.54 Å². The first-order valence-electron chi connectivity index (χ1n) is 16.7. The van der Waals surface area contributed by atoms with Crippen LogP contribution in [0.5, 0.6) is 11.5 Å². The number of amides is 1. The first-order chi connectivity index (χ1) is 22.8. The summed E-state index contributed by atoms with van der Waals surface area (Å²) in [6.07, 6.45) is 9.47. The van der Waals surface area contributed by atoms with Gasteiger partial charge in [0, 0.05) is 17.3 Å². The Labute approximate surface area is 289 Å². The van der Waals surface area contributed by atoms with Crippen molar-refractivity contribution < 1.29 is 28.9 Å². The lowest BCUT2D eigenvalue weighted by atomic mass is 9.82. The van der Waals surface area contributed by atoms with Gasteiger partial charge in [0.1, 0.15) is 17.1 Å². The first-order valence-corrected chi connectivity index (χ1v) is 17.7. The van der Waals surface area contributed by atoms with Crippen LogP contribution in [-0.2, 0) is 14.3 Å². The van der Waals surface area contributed by atoms with Gasteiger partial charge >= 0.3 is 5.97 Å². The van der Waals surface area contributed by atoms with Gasteiger partial charge in [0.25, 0.3) is 5.91 Å². The van der Waals surface area contributed by atoms with E-state index in [1.165, 1.54) is 6.08 Å². The molecule has 0 spiro atoms. The monoisotopic (exact) mass is 677 g/mol. The van der Waals surface area contributed by atoms with E-state index in [0.717, 1.165) is 41.9 Å². The largest absolute Gasteiger partial charge is 0.496 e. The highest BCUT2D eigenvalue weighted by Gasteiger charge is 2.51. The molecule has 0 heterocycles. The van der Waals surface area contributed by atoms with Crippen molar-refractivity contribution in [2.24, 2.45) is 22.6 Å². The number of aliphatic hydroxyl groups is 1. The summed E-state index contributed by atoms with van der Waals surface area (Å²) in [5.41, 5.74) is 7.01. The summed E-state index contributed by atoms with van der Waals surface area (Å²) in [6.45, 7) is 9.81. The highest BCUT2D eigenvalue weighted by atomic mass is 32.2. The van der Waals surface area contributed by atoms with E-state index in [-0.39, 0.29) is 24.1 Å². The Hall–Kier alpha value is -3.76. The molecule has 1 amide bonds. The Bertz CT molecular complexity index is 1540. The minimum Gasteiger partial charge on any atom is -0.496 e. The molecule has 48 heavy (non-hydrogen) atoms. The number of carbonyl (C=O) groups excluding carboxylic acids is 2. The number of ether oxygens (including phenoxy) is 3. The number of allylic oxidation sites excluding steroid dienone is 2. The summed E-state index contributed by atoms with van der Waals surface area (Å²) in [5.74, 6) is 1.19. The third-order valence-corrected chi connectivity index (χ3v) is 9.84. The predicted molar refractivity (Wildman–Crippen MR) is 192 cm³/mol. The predicted octanol–water partition coefficient (Wildman–Crippen LogP) is 6.84. The van der Waals surface area contributed by atoms with Crippen LogP contribution in [0.4, 0.5) is 5.69 Å². The van der Waals surface area contributed by atoms with Crippen LogP contribution < -0.4 is 20.5 Å². The fraction of sp³-hybridized carbons (Fsp3) is 0.500. The van der Waals surface area contributed by atoms with Gasteiger partial charge in [-0.15, -0.1) is 11.8 Å². The second kappa shape index (κ2) is 16.1. The van der Waals surface area contributed by atoms with Crippen molar-refractivity contribution in [2.75, 3.05) is 26.6 Å². The molecule has 260 valence electrons. The molecular formula is C38H51N3O6S. The number of methoxy groups -OCH3 is 2. The number of aliphatic hydroxyl groups excluding tert-OH is 1. The topological polar surface area (TPSA) is 132 Å². The first kappa shape index (κ1) is 37.1. The number of esters is 1. The van der Waals surface area contributed by atoms with Crippen LogP contribution in [0.25, 0.3) is 0 Å². The number of rotatable bonds is 13. The maximum absolute atomic E-state index is 14.1. The molecule has 0 aliphatic heterocycles. The zero-order valence-electron chi connectivity index (χ0n) is 29.3. The van der Waals surface area contributed by atoms with Crippen molar-refractivity contribution in [3.8, 4) is 11.5 Å². The molecule has 2 aromatic carbocycles. The van der Waals surface area contributed by atoms with Crippen LogP contribution in [0.2, 0.25) is 0 Å². The average Bonchev–Trinajstić information content (AvgIpc) is 3.44. The van der Waals surface area contributed by atoms with Gasteiger partial charge < -0.3 is 30.4 Å².